The van der Waals surface area contributed by atoms with Crippen molar-refractivity contribution in [1.29, 1.82) is 0 Å². The largest absolute Gasteiger partial charge is 0.310 e. The van der Waals surface area contributed by atoms with Gasteiger partial charge in [0.15, 0.2) is 0 Å². The summed E-state index contributed by atoms with van der Waals surface area (Å²) in [6.45, 7) is 3.40. The molecule has 0 bridgehead atoms. The van der Waals surface area contributed by atoms with Gasteiger partial charge in [-0.3, -0.25) is 0 Å². The highest BCUT2D eigenvalue weighted by Gasteiger charge is 2.13. The third-order valence-corrected chi connectivity index (χ3v) is 3.05. The summed E-state index contributed by atoms with van der Waals surface area (Å²) in [7, 11) is 0. The zero-order valence-electron chi connectivity index (χ0n) is 9.37. The Morgan fingerprint density at radius 2 is 2.07 bits per heavy atom. The van der Waals surface area contributed by atoms with Crippen molar-refractivity contribution in [1.82, 2.24) is 5.32 Å². The van der Waals surface area contributed by atoms with Gasteiger partial charge in [0.25, 0.3) is 0 Å². The van der Waals surface area contributed by atoms with Gasteiger partial charge in [-0.15, -0.1) is 0 Å². The maximum atomic E-state index is 3.57. The van der Waals surface area contributed by atoms with E-state index in [1.54, 1.807) is 0 Å². The molecule has 1 heteroatoms. The van der Waals surface area contributed by atoms with Gasteiger partial charge in [-0.1, -0.05) is 48.4 Å². The van der Waals surface area contributed by atoms with Gasteiger partial charge in [0, 0.05) is 6.04 Å². The molecule has 0 aromatic heterocycles. The zero-order chi connectivity index (χ0) is 10.5. The Morgan fingerprint density at radius 1 is 1.27 bits per heavy atom. The molecule has 80 valence electrons. The minimum atomic E-state index is 0.596. The standard InChI is InChI=1S/C14H19N/c1-12(14-9-5-6-10-15-14)11-13-7-3-2-4-8-13/h2-4,7-8,11,14-15H,5-6,9-10H2,1H3/b12-11+. The molecular weight excluding hydrogens is 182 g/mol. The Hall–Kier alpha value is -1.08. The first kappa shape index (κ1) is 10.4. The number of piperidine rings is 1. The first-order valence-corrected chi connectivity index (χ1v) is 5.83. The fourth-order valence-corrected chi connectivity index (χ4v) is 2.15. The maximum Gasteiger partial charge on any atom is 0.0279 e. The van der Waals surface area contributed by atoms with Gasteiger partial charge in [0.2, 0.25) is 0 Å². The van der Waals surface area contributed by atoms with Crippen LogP contribution in [-0.2, 0) is 0 Å². The van der Waals surface area contributed by atoms with Crippen LogP contribution in [0.4, 0.5) is 0 Å². The lowest BCUT2D eigenvalue weighted by Gasteiger charge is -2.24. The van der Waals surface area contributed by atoms with Crippen LogP contribution in [0.25, 0.3) is 6.08 Å². The number of benzene rings is 1. The van der Waals surface area contributed by atoms with E-state index in [0.717, 1.165) is 0 Å². The van der Waals surface area contributed by atoms with Crippen molar-refractivity contribution >= 4 is 6.08 Å². The predicted octanol–water partition coefficient (Wildman–Crippen LogP) is 3.23. The Morgan fingerprint density at radius 3 is 2.73 bits per heavy atom. The Balaban J connectivity index is 2.06. The zero-order valence-corrected chi connectivity index (χ0v) is 9.37. The average Bonchev–Trinajstić information content (AvgIpc) is 2.31. The summed E-state index contributed by atoms with van der Waals surface area (Å²) >= 11 is 0. The van der Waals surface area contributed by atoms with E-state index in [9.17, 15) is 0 Å². The first-order valence-electron chi connectivity index (χ1n) is 5.83. The van der Waals surface area contributed by atoms with Gasteiger partial charge >= 0.3 is 0 Å². The molecule has 0 aliphatic carbocycles. The minimum absolute atomic E-state index is 0.596. The van der Waals surface area contributed by atoms with E-state index >= 15 is 0 Å². The highest BCUT2D eigenvalue weighted by Crippen LogP contribution is 2.16. The van der Waals surface area contributed by atoms with Crippen molar-refractivity contribution in [3.05, 3.63) is 41.5 Å². The molecule has 0 radical (unpaired) electrons. The van der Waals surface area contributed by atoms with Gasteiger partial charge < -0.3 is 5.32 Å². The lowest BCUT2D eigenvalue weighted by Crippen LogP contribution is -2.34. The Labute approximate surface area is 92.2 Å². The summed E-state index contributed by atoms with van der Waals surface area (Å²) in [6.07, 6.45) is 6.27. The van der Waals surface area contributed by atoms with Crippen LogP contribution in [0.2, 0.25) is 0 Å². The smallest absolute Gasteiger partial charge is 0.0279 e. The third-order valence-electron chi connectivity index (χ3n) is 3.05. The summed E-state index contributed by atoms with van der Waals surface area (Å²) in [6, 6.07) is 11.2. The van der Waals surface area contributed by atoms with Gasteiger partial charge in [-0.05, 0) is 31.9 Å². The Bertz CT molecular complexity index is 320. The van der Waals surface area contributed by atoms with Gasteiger partial charge in [-0.25, -0.2) is 0 Å². The first-order chi connectivity index (χ1) is 7.36. The molecule has 1 heterocycles. The molecule has 2 rings (SSSR count). The molecule has 1 N–H and O–H groups in total. The van der Waals surface area contributed by atoms with E-state index in [-0.39, 0.29) is 0 Å². The van der Waals surface area contributed by atoms with Crippen molar-refractivity contribution < 1.29 is 0 Å². The molecular formula is C14H19N. The number of hydrogen-bond donors (Lipinski definition) is 1. The van der Waals surface area contributed by atoms with Gasteiger partial charge in [-0.2, -0.15) is 0 Å². The SMILES string of the molecule is C/C(=C\c1ccccc1)C1CCCCN1. The molecule has 0 amide bonds. The van der Waals surface area contributed by atoms with Gasteiger partial charge in [0.1, 0.15) is 0 Å². The van der Waals surface area contributed by atoms with Crippen LogP contribution in [0.1, 0.15) is 31.7 Å². The minimum Gasteiger partial charge on any atom is -0.310 e. The summed E-state index contributed by atoms with van der Waals surface area (Å²) < 4.78 is 0. The summed E-state index contributed by atoms with van der Waals surface area (Å²) in [5.74, 6) is 0. The average molecular weight is 201 g/mol. The second-order valence-corrected chi connectivity index (χ2v) is 4.30. The van der Waals surface area contributed by atoms with Crippen LogP contribution in [0, 0.1) is 0 Å². The van der Waals surface area contributed by atoms with Crippen molar-refractivity contribution in [3.63, 3.8) is 0 Å². The molecule has 1 aliphatic rings. The fraction of sp³-hybridized carbons (Fsp3) is 0.429. The second kappa shape index (κ2) is 5.13. The lowest BCUT2D eigenvalue weighted by atomic mass is 9.97. The van der Waals surface area contributed by atoms with Crippen molar-refractivity contribution in [2.24, 2.45) is 0 Å². The highest BCUT2D eigenvalue weighted by molar-refractivity contribution is 5.53. The van der Waals surface area contributed by atoms with Gasteiger partial charge in [0.05, 0.1) is 0 Å². The molecule has 1 aliphatic heterocycles. The molecule has 1 nitrogen and oxygen atoms in total. The number of nitrogens with one attached hydrogen (secondary N) is 1. The van der Waals surface area contributed by atoms with E-state index < -0.39 is 0 Å². The second-order valence-electron chi connectivity index (χ2n) is 4.30. The molecule has 15 heavy (non-hydrogen) atoms. The van der Waals surface area contributed by atoms with Crippen LogP contribution in [0.5, 0.6) is 0 Å². The fourth-order valence-electron chi connectivity index (χ4n) is 2.15. The number of hydrogen-bond acceptors (Lipinski definition) is 1. The van der Waals surface area contributed by atoms with E-state index in [4.69, 9.17) is 0 Å². The van der Waals surface area contributed by atoms with Crippen LogP contribution in [0.3, 0.4) is 0 Å². The highest BCUT2D eigenvalue weighted by atomic mass is 14.9. The summed E-state index contributed by atoms with van der Waals surface area (Å²) in [5.41, 5.74) is 2.77. The van der Waals surface area contributed by atoms with Crippen LogP contribution in [0.15, 0.2) is 35.9 Å². The van der Waals surface area contributed by atoms with Crippen LogP contribution in [-0.4, -0.2) is 12.6 Å². The van der Waals surface area contributed by atoms with E-state index in [2.05, 4.69) is 48.6 Å². The van der Waals surface area contributed by atoms with Crippen LogP contribution < -0.4 is 5.32 Å². The van der Waals surface area contributed by atoms with Crippen molar-refractivity contribution in [2.45, 2.75) is 32.2 Å². The van der Waals surface area contributed by atoms with Crippen LogP contribution >= 0.6 is 0 Å². The monoisotopic (exact) mass is 201 g/mol. The molecule has 0 saturated carbocycles. The molecule has 1 saturated heterocycles. The molecule has 1 atom stereocenters. The topological polar surface area (TPSA) is 12.0 Å². The predicted molar refractivity (Wildman–Crippen MR) is 65.7 cm³/mol. The Kier molecular flexibility index (Phi) is 3.57. The molecule has 1 aromatic rings. The lowest BCUT2D eigenvalue weighted by molar-refractivity contribution is 0.441. The van der Waals surface area contributed by atoms with E-state index in [1.807, 2.05) is 0 Å². The van der Waals surface area contributed by atoms with E-state index in [0.29, 0.717) is 6.04 Å². The normalized spacial score (nSPS) is 22.7. The molecule has 1 unspecified atom stereocenters. The third kappa shape index (κ3) is 2.93. The maximum absolute atomic E-state index is 3.57. The molecule has 1 fully saturated rings. The summed E-state index contributed by atoms with van der Waals surface area (Å²) in [5, 5.41) is 3.57. The van der Waals surface area contributed by atoms with E-state index in [1.165, 1.54) is 36.9 Å². The van der Waals surface area contributed by atoms with Crippen molar-refractivity contribution in [3.8, 4) is 0 Å². The summed E-state index contributed by atoms with van der Waals surface area (Å²) in [4.78, 5) is 0. The molecule has 0 spiro atoms. The van der Waals surface area contributed by atoms with Crippen molar-refractivity contribution in [2.75, 3.05) is 6.54 Å². The molecule has 1 aromatic carbocycles. The number of rotatable bonds is 2. The quantitative estimate of drug-likeness (QED) is 0.774.